The predicted octanol–water partition coefficient (Wildman–Crippen LogP) is 2.22. The second-order valence-electron chi connectivity index (χ2n) is 10.1. The van der Waals surface area contributed by atoms with Crippen molar-refractivity contribution < 1.29 is 61.3 Å². The highest BCUT2D eigenvalue weighted by atomic mass is 28.4. The third kappa shape index (κ3) is 41.4. The predicted molar refractivity (Wildman–Crippen MR) is 169 cm³/mol. The fourth-order valence-corrected chi connectivity index (χ4v) is 3.69. The van der Waals surface area contributed by atoms with Gasteiger partial charge in [-0.3, -0.25) is 0 Å². The second-order valence-corrected chi connectivity index (χ2v) is 14.6. The monoisotopic (exact) mass is 658 g/mol. The van der Waals surface area contributed by atoms with Gasteiger partial charge in [0.05, 0.1) is 165 Å². The Morgan fingerprint density at radius 2 is 0.500 bits per heavy atom. The molecule has 0 fully saturated rings. The number of rotatable bonds is 39. The molecule has 44 heavy (non-hydrogen) atoms. The fourth-order valence-electron chi connectivity index (χ4n) is 2.99. The van der Waals surface area contributed by atoms with E-state index in [2.05, 4.69) is 26.2 Å². The molecule has 14 heteroatoms. The summed E-state index contributed by atoms with van der Waals surface area (Å²) in [6, 6.07) is 0. The fraction of sp³-hybridized carbons (Fsp3) is 0.933. The van der Waals surface area contributed by atoms with Crippen LogP contribution in [0.5, 0.6) is 0 Å². The summed E-state index contributed by atoms with van der Waals surface area (Å²) in [5.41, 5.74) is 0. The van der Waals surface area contributed by atoms with Crippen LogP contribution in [0.3, 0.4) is 0 Å². The van der Waals surface area contributed by atoms with E-state index >= 15 is 0 Å². The number of hydrogen-bond acceptors (Lipinski definition) is 13. The third-order valence-corrected chi connectivity index (χ3v) is 6.16. The van der Waals surface area contributed by atoms with Gasteiger partial charge in [0.2, 0.25) is 0 Å². The van der Waals surface area contributed by atoms with Crippen LogP contribution in [0, 0.1) is 0 Å². The molecule has 0 N–H and O–H groups in total. The largest absolute Gasteiger partial charge is 0.415 e. The molecule has 0 bridgehead atoms. The molecule has 0 amide bonds. The van der Waals surface area contributed by atoms with Gasteiger partial charge >= 0.3 is 0 Å². The zero-order valence-corrected chi connectivity index (χ0v) is 28.8. The molecule has 0 aliphatic heterocycles. The summed E-state index contributed by atoms with van der Waals surface area (Å²) >= 11 is 0. The Kier molecular flexibility index (Phi) is 36.4. The summed E-state index contributed by atoms with van der Waals surface area (Å²) < 4.78 is 71.0. The molecule has 0 rings (SSSR count). The average Bonchev–Trinajstić information content (AvgIpc) is 3.00. The van der Waals surface area contributed by atoms with Gasteiger partial charge in [-0.15, -0.1) is 6.58 Å². The molecule has 13 nitrogen and oxygen atoms in total. The topological polar surface area (TPSA) is 120 Å². The van der Waals surface area contributed by atoms with E-state index in [-0.39, 0.29) is 0 Å². The summed E-state index contributed by atoms with van der Waals surface area (Å²) in [6.07, 6.45) is 1.71. The Labute approximate surface area is 267 Å². The van der Waals surface area contributed by atoms with E-state index in [0.29, 0.717) is 165 Å². The van der Waals surface area contributed by atoms with Crippen molar-refractivity contribution >= 4 is 8.32 Å². The second kappa shape index (κ2) is 36.9. The van der Waals surface area contributed by atoms with Crippen LogP contribution in [0.2, 0.25) is 19.6 Å². The summed E-state index contributed by atoms with van der Waals surface area (Å²) in [5.74, 6) is 0. The molecule has 264 valence electrons. The lowest BCUT2D eigenvalue weighted by Crippen LogP contribution is -2.27. The SMILES string of the molecule is C=CCOCCOCCOCCOCCOCCOCCOCCOCCOCCOCCOCCOCCO[Si](C)(C)C. The van der Waals surface area contributed by atoms with Crippen LogP contribution in [0.1, 0.15) is 0 Å². The zero-order chi connectivity index (χ0) is 32.1. The first-order chi connectivity index (χ1) is 21.6. The van der Waals surface area contributed by atoms with Crippen LogP contribution in [0.15, 0.2) is 12.7 Å². The van der Waals surface area contributed by atoms with Gasteiger partial charge in [0, 0.05) is 0 Å². The van der Waals surface area contributed by atoms with Gasteiger partial charge in [0.1, 0.15) is 0 Å². The molecule has 0 unspecified atom stereocenters. The van der Waals surface area contributed by atoms with Gasteiger partial charge in [0.15, 0.2) is 8.32 Å². The van der Waals surface area contributed by atoms with Crippen molar-refractivity contribution in [3.63, 3.8) is 0 Å². The van der Waals surface area contributed by atoms with Gasteiger partial charge in [-0.1, -0.05) is 6.08 Å². The molecule has 0 aliphatic carbocycles. The van der Waals surface area contributed by atoms with Crippen LogP contribution in [-0.4, -0.2) is 173 Å². The lowest BCUT2D eigenvalue weighted by atomic mass is 10.6. The first-order valence-electron chi connectivity index (χ1n) is 15.7. The minimum Gasteiger partial charge on any atom is -0.415 e. The van der Waals surface area contributed by atoms with Crippen LogP contribution in [0.25, 0.3) is 0 Å². The smallest absolute Gasteiger partial charge is 0.183 e. The average molecular weight is 659 g/mol. The maximum absolute atomic E-state index is 5.71. The van der Waals surface area contributed by atoms with E-state index in [1.54, 1.807) is 6.08 Å². The van der Waals surface area contributed by atoms with Crippen LogP contribution in [0.4, 0.5) is 0 Å². The molecule has 0 saturated carbocycles. The van der Waals surface area contributed by atoms with Crippen LogP contribution < -0.4 is 0 Å². The molecule has 0 saturated heterocycles. The molecule has 0 aromatic carbocycles. The molecule has 0 aromatic rings. The molecular formula is C30H62O13Si. The first kappa shape index (κ1) is 43.4. The van der Waals surface area contributed by atoms with Gasteiger partial charge < -0.3 is 61.3 Å². The standard InChI is InChI=1S/C30H62O13Si/c1-5-6-31-7-8-32-9-10-33-11-12-34-13-14-35-15-16-36-17-18-37-19-20-38-21-22-39-23-24-40-25-26-41-27-28-42-29-30-43-44(2,3)4/h5H,1,6-30H2,2-4H3. The maximum atomic E-state index is 5.71. The van der Waals surface area contributed by atoms with Crippen molar-refractivity contribution in [1.82, 2.24) is 0 Å². The van der Waals surface area contributed by atoms with Gasteiger partial charge in [-0.05, 0) is 19.6 Å². The first-order valence-corrected chi connectivity index (χ1v) is 19.1. The molecule has 0 radical (unpaired) electrons. The Bertz CT molecular complexity index is 556. The Morgan fingerprint density at radius 1 is 0.318 bits per heavy atom. The van der Waals surface area contributed by atoms with Crippen molar-refractivity contribution in [2.45, 2.75) is 19.6 Å². The van der Waals surface area contributed by atoms with E-state index in [1.807, 2.05) is 0 Å². The number of ether oxygens (including phenoxy) is 12. The van der Waals surface area contributed by atoms with Crippen molar-refractivity contribution in [3.05, 3.63) is 12.7 Å². The van der Waals surface area contributed by atoms with E-state index < -0.39 is 8.32 Å². The Morgan fingerprint density at radius 3 is 0.682 bits per heavy atom. The van der Waals surface area contributed by atoms with Crippen LogP contribution >= 0.6 is 0 Å². The summed E-state index contributed by atoms with van der Waals surface area (Å²) in [4.78, 5) is 0. The molecule has 0 atom stereocenters. The minimum atomic E-state index is -1.45. The third-order valence-electron chi connectivity index (χ3n) is 5.09. The van der Waals surface area contributed by atoms with E-state index in [1.165, 1.54) is 0 Å². The summed E-state index contributed by atoms with van der Waals surface area (Å²) in [6.45, 7) is 23.5. The van der Waals surface area contributed by atoms with E-state index in [4.69, 9.17) is 61.3 Å². The zero-order valence-electron chi connectivity index (χ0n) is 27.8. The molecular weight excluding hydrogens is 596 g/mol. The maximum Gasteiger partial charge on any atom is 0.183 e. The van der Waals surface area contributed by atoms with E-state index in [0.717, 1.165) is 0 Å². The van der Waals surface area contributed by atoms with Crippen molar-refractivity contribution in [2.75, 3.05) is 165 Å². The summed E-state index contributed by atoms with van der Waals surface area (Å²) in [7, 11) is -1.45. The molecule has 0 spiro atoms. The molecule has 0 aromatic heterocycles. The summed E-state index contributed by atoms with van der Waals surface area (Å²) in [5, 5.41) is 0. The lowest BCUT2D eigenvalue weighted by Gasteiger charge is -2.16. The van der Waals surface area contributed by atoms with Gasteiger partial charge in [-0.25, -0.2) is 0 Å². The normalized spacial score (nSPS) is 11.9. The van der Waals surface area contributed by atoms with Gasteiger partial charge in [0.25, 0.3) is 0 Å². The van der Waals surface area contributed by atoms with E-state index in [9.17, 15) is 0 Å². The highest BCUT2D eigenvalue weighted by Gasteiger charge is 2.13. The van der Waals surface area contributed by atoms with Crippen LogP contribution in [-0.2, 0) is 61.3 Å². The Balaban J connectivity index is 3.05. The highest BCUT2D eigenvalue weighted by molar-refractivity contribution is 6.69. The lowest BCUT2D eigenvalue weighted by molar-refractivity contribution is -0.0283. The van der Waals surface area contributed by atoms with Crippen molar-refractivity contribution in [3.8, 4) is 0 Å². The van der Waals surface area contributed by atoms with Gasteiger partial charge in [-0.2, -0.15) is 0 Å². The van der Waals surface area contributed by atoms with Crippen molar-refractivity contribution in [2.24, 2.45) is 0 Å². The minimum absolute atomic E-state index is 0.513. The highest BCUT2D eigenvalue weighted by Crippen LogP contribution is 2.01. The molecule has 0 aliphatic rings. The van der Waals surface area contributed by atoms with Crippen molar-refractivity contribution in [1.29, 1.82) is 0 Å². The number of hydrogen-bond donors (Lipinski definition) is 0. The Hall–Kier alpha value is -0.563. The quantitative estimate of drug-likeness (QED) is 0.0546. The molecule has 0 heterocycles.